The lowest BCUT2D eigenvalue weighted by molar-refractivity contribution is 0.0927. The predicted octanol–water partition coefficient (Wildman–Crippen LogP) is 3.26. The summed E-state index contributed by atoms with van der Waals surface area (Å²) in [5.74, 6) is -0.953. The number of nitrogens with one attached hydrogen (secondary N) is 1. The minimum atomic E-state index is -0.966. The summed E-state index contributed by atoms with van der Waals surface area (Å²) in [7, 11) is 0. The van der Waals surface area contributed by atoms with Crippen LogP contribution in [0.3, 0.4) is 0 Å². The molecule has 1 saturated carbocycles. The van der Waals surface area contributed by atoms with E-state index in [1.165, 1.54) is 0 Å². The Labute approximate surface area is 133 Å². The molecule has 118 valence electrons. The van der Waals surface area contributed by atoms with Gasteiger partial charge in [0.05, 0.1) is 5.38 Å². The number of hydrogen-bond acceptors (Lipinski definition) is 2. The van der Waals surface area contributed by atoms with E-state index in [-0.39, 0.29) is 23.6 Å². The molecule has 2 rings (SSSR count). The van der Waals surface area contributed by atoms with Gasteiger partial charge in [0.2, 0.25) is 0 Å². The van der Waals surface area contributed by atoms with Crippen molar-refractivity contribution in [2.45, 2.75) is 37.1 Å². The lowest BCUT2D eigenvalue weighted by atomic mass is 9.94. The lowest BCUT2D eigenvalue weighted by Crippen LogP contribution is -2.42. The van der Waals surface area contributed by atoms with E-state index in [1.807, 2.05) is 0 Å². The van der Waals surface area contributed by atoms with Crippen molar-refractivity contribution in [1.82, 2.24) is 5.32 Å². The fraction of sp³-hybridized carbons (Fsp3) is 0.438. The Balaban J connectivity index is 2.11. The van der Waals surface area contributed by atoms with Gasteiger partial charge in [0.15, 0.2) is 17.4 Å². The highest BCUT2D eigenvalue weighted by atomic mass is 35.5. The van der Waals surface area contributed by atoms with Crippen LogP contribution < -0.4 is 10.1 Å². The standard InChI is InChI=1S/C16H16ClF2NO2/c1-2-7-22-15-12(18)8-10(9-13(15)19)16(21)20-14-6-4-3-5-11(14)17/h1,8-9,11,14H,3-7H2,(H,20,21)/t11-,14+/m0/s1. The second kappa shape index (κ2) is 7.46. The SMILES string of the molecule is C#CCOc1c(F)cc(C(=O)N[C@@H]2CCCC[C@@H]2Cl)cc1F. The first-order valence-corrected chi connectivity index (χ1v) is 7.46. The average molecular weight is 328 g/mol. The van der Waals surface area contributed by atoms with Crippen molar-refractivity contribution in [3.63, 3.8) is 0 Å². The lowest BCUT2D eigenvalue weighted by Gasteiger charge is -2.27. The Bertz CT molecular complexity index is 577. The van der Waals surface area contributed by atoms with Crippen molar-refractivity contribution in [2.24, 2.45) is 0 Å². The monoisotopic (exact) mass is 327 g/mol. The zero-order chi connectivity index (χ0) is 16.1. The third-order valence-electron chi connectivity index (χ3n) is 3.56. The first-order valence-electron chi connectivity index (χ1n) is 7.03. The summed E-state index contributed by atoms with van der Waals surface area (Å²) in [6.07, 6.45) is 8.53. The summed E-state index contributed by atoms with van der Waals surface area (Å²) in [5, 5.41) is 2.56. The number of carbonyl (C=O) groups excluding carboxylic acids is 1. The van der Waals surface area contributed by atoms with Gasteiger partial charge in [-0.25, -0.2) is 8.78 Å². The number of amides is 1. The van der Waals surface area contributed by atoms with Gasteiger partial charge in [0, 0.05) is 11.6 Å². The molecule has 1 aliphatic carbocycles. The van der Waals surface area contributed by atoms with Gasteiger partial charge < -0.3 is 10.1 Å². The molecule has 0 spiro atoms. The van der Waals surface area contributed by atoms with Crippen molar-refractivity contribution in [3.05, 3.63) is 29.3 Å². The molecule has 0 aromatic heterocycles. The summed E-state index contributed by atoms with van der Waals surface area (Å²) in [4.78, 5) is 12.1. The maximum atomic E-state index is 13.8. The van der Waals surface area contributed by atoms with Gasteiger partial charge >= 0.3 is 0 Å². The van der Waals surface area contributed by atoms with Crippen LogP contribution in [0, 0.1) is 24.0 Å². The van der Waals surface area contributed by atoms with Crippen LogP contribution >= 0.6 is 11.6 Å². The van der Waals surface area contributed by atoms with Gasteiger partial charge in [0.25, 0.3) is 5.91 Å². The molecule has 1 aromatic carbocycles. The molecular weight excluding hydrogens is 312 g/mol. The summed E-state index contributed by atoms with van der Waals surface area (Å²) in [6.45, 7) is -0.255. The molecule has 3 nitrogen and oxygen atoms in total. The average Bonchev–Trinajstić information content (AvgIpc) is 2.48. The van der Waals surface area contributed by atoms with E-state index in [4.69, 9.17) is 22.8 Å². The quantitative estimate of drug-likeness (QED) is 0.681. The molecule has 0 unspecified atom stereocenters. The number of ether oxygens (including phenoxy) is 1. The van der Waals surface area contributed by atoms with Crippen LogP contribution in [0.2, 0.25) is 0 Å². The fourth-order valence-corrected chi connectivity index (χ4v) is 2.79. The molecule has 1 aromatic rings. The first kappa shape index (κ1) is 16.6. The normalized spacial score (nSPS) is 21.0. The van der Waals surface area contributed by atoms with E-state index < -0.39 is 23.3 Å². The van der Waals surface area contributed by atoms with Crippen LogP contribution in [0.5, 0.6) is 5.75 Å². The first-order chi connectivity index (χ1) is 10.5. The van der Waals surface area contributed by atoms with Crippen LogP contribution in [0.25, 0.3) is 0 Å². The number of hydrogen-bond donors (Lipinski definition) is 1. The number of carbonyl (C=O) groups is 1. The van der Waals surface area contributed by atoms with E-state index in [2.05, 4.69) is 11.2 Å². The largest absolute Gasteiger partial charge is 0.475 e. The second-order valence-electron chi connectivity index (χ2n) is 5.14. The van der Waals surface area contributed by atoms with Gasteiger partial charge in [-0.1, -0.05) is 18.8 Å². The molecule has 22 heavy (non-hydrogen) atoms. The summed E-state index contributed by atoms with van der Waals surface area (Å²) in [6, 6.07) is 1.67. The Kier molecular flexibility index (Phi) is 5.62. The van der Waals surface area contributed by atoms with E-state index >= 15 is 0 Å². The van der Waals surface area contributed by atoms with Gasteiger partial charge in [-0.05, 0) is 25.0 Å². The van der Waals surface area contributed by atoms with Crippen molar-refractivity contribution < 1.29 is 18.3 Å². The van der Waals surface area contributed by atoms with Gasteiger partial charge in [-0.3, -0.25) is 4.79 Å². The van der Waals surface area contributed by atoms with Crippen molar-refractivity contribution in [2.75, 3.05) is 6.61 Å². The van der Waals surface area contributed by atoms with Crippen LogP contribution in [0.15, 0.2) is 12.1 Å². The summed E-state index contributed by atoms with van der Waals surface area (Å²) >= 11 is 6.16. The highest BCUT2D eigenvalue weighted by Gasteiger charge is 2.26. The van der Waals surface area contributed by atoms with Gasteiger partial charge in [0.1, 0.15) is 6.61 Å². The summed E-state index contributed by atoms with van der Waals surface area (Å²) in [5.41, 5.74) is -0.113. The smallest absolute Gasteiger partial charge is 0.251 e. The third kappa shape index (κ3) is 3.89. The number of terminal acetylenes is 1. The second-order valence-corrected chi connectivity index (χ2v) is 5.70. The highest BCUT2D eigenvalue weighted by Crippen LogP contribution is 2.25. The maximum Gasteiger partial charge on any atom is 0.251 e. The molecule has 2 atom stereocenters. The molecule has 0 saturated heterocycles. The molecule has 1 fully saturated rings. The Hall–Kier alpha value is -1.80. The van der Waals surface area contributed by atoms with E-state index in [0.717, 1.165) is 37.8 Å². The zero-order valence-electron chi connectivity index (χ0n) is 11.9. The van der Waals surface area contributed by atoms with Gasteiger partial charge in [-0.2, -0.15) is 0 Å². The third-order valence-corrected chi connectivity index (χ3v) is 4.08. The van der Waals surface area contributed by atoms with E-state index in [9.17, 15) is 13.6 Å². The van der Waals surface area contributed by atoms with E-state index in [1.54, 1.807) is 0 Å². The van der Waals surface area contributed by atoms with Crippen molar-refractivity contribution in [3.8, 4) is 18.1 Å². The minimum absolute atomic E-state index is 0.113. The molecule has 1 aliphatic rings. The van der Waals surface area contributed by atoms with E-state index in [0.29, 0.717) is 0 Å². The Morgan fingerprint density at radius 1 is 1.36 bits per heavy atom. The number of alkyl halides is 1. The van der Waals surface area contributed by atoms with Crippen LogP contribution in [0.4, 0.5) is 8.78 Å². The number of halogens is 3. The van der Waals surface area contributed by atoms with Gasteiger partial charge in [-0.15, -0.1) is 18.0 Å². The van der Waals surface area contributed by atoms with Crippen LogP contribution in [0.1, 0.15) is 36.0 Å². The Morgan fingerprint density at radius 3 is 2.59 bits per heavy atom. The molecule has 0 bridgehead atoms. The fourth-order valence-electron chi connectivity index (χ4n) is 2.44. The molecule has 0 aliphatic heterocycles. The Morgan fingerprint density at radius 2 is 2.00 bits per heavy atom. The topological polar surface area (TPSA) is 38.3 Å². The predicted molar refractivity (Wildman–Crippen MR) is 80.0 cm³/mol. The highest BCUT2D eigenvalue weighted by molar-refractivity contribution is 6.21. The molecule has 0 heterocycles. The summed E-state index contributed by atoms with van der Waals surface area (Å²) < 4.78 is 32.4. The maximum absolute atomic E-state index is 13.8. The molecule has 1 N–H and O–H groups in total. The molecule has 0 radical (unpaired) electrons. The van der Waals surface area contributed by atoms with Crippen molar-refractivity contribution >= 4 is 17.5 Å². The minimum Gasteiger partial charge on any atom is -0.475 e. The van der Waals surface area contributed by atoms with Crippen LogP contribution in [-0.4, -0.2) is 23.9 Å². The molecule has 6 heteroatoms. The van der Waals surface area contributed by atoms with Crippen LogP contribution in [-0.2, 0) is 0 Å². The molecular formula is C16H16ClF2NO2. The van der Waals surface area contributed by atoms with Crippen molar-refractivity contribution in [1.29, 1.82) is 0 Å². The number of benzene rings is 1. The zero-order valence-corrected chi connectivity index (χ0v) is 12.6. The number of rotatable bonds is 4. The molecule has 1 amide bonds.